The molecular weight excluding hydrogens is 302 g/mol. The third-order valence-corrected chi connectivity index (χ3v) is 4.37. The van der Waals surface area contributed by atoms with Gasteiger partial charge in [0, 0.05) is 9.77 Å². The molecule has 20 heavy (non-hydrogen) atoms. The Bertz CT molecular complexity index is 609. The zero-order valence-corrected chi connectivity index (χ0v) is 12.4. The summed E-state index contributed by atoms with van der Waals surface area (Å²) in [7, 11) is 0. The molecule has 1 heterocycles. The van der Waals surface area contributed by atoms with Gasteiger partial charge >= 0.3 is 0 Å². The van der Waals surface area contributed by atoms with Gasteiger partial charge in [0.05, 0.1) is 11.3 Å². The van der Waals surface area contributed by atoms with Crippen molar-refractivity contribution in [1.29, 1.82) is 0 Å². The summed E-state index contributed by atoms with van der Waals surface area (Å²) in [5.74, 6) is -2.99. The van der Waals surface area contributed by atoms with Crippen LogP contribution in [0.4, 0.5) is 13.9 Å². The second-order valence-electron chi connectivity index (χ2n) is 3.99. The van der Waals surface area contributed by atoms with Crippen LogP contribution in [0.2, 0.25) is 0 Å². The standard InChI is InChI=1S/C13H12F2N2OS2/c1-7-8(2)19-13(16-7)17-11(18)9-5-3-4-6-10(9)20-12(14)15/h3-6,12H,1-2H3,(H,16,17,18). The number of amides is 1. The van der Waals surface area contributed by atoms with E-state index in [-0.39, 0.29) is 10.5 Å². The number of carbonyl (C=O) groups is 1. The molecule has 0 spiro atoms. The van der Waals surface area contributed by atoms with Crippen LogP contribution in [-0.2, 0) is 0 Å². The van der Waals surface area contributed by atoms with Crippen molar-refractivity contribution >= 4 is 34.1 Å². The smallest absolute Gasteiger partial charge is 0.288 e. The van der Waals surface area contributed by atoms with E-state index in [0.717, 1.165) is 10.6 Å². The number of aryl methyl sites for hydroxylation is 2. The van der Waals surface area contributed by atoms with Crippen molar-refractivity contribution in [3.8, 4) is 0 Å². The molecule has 1 aromatic heterocycles. The van der Waals surface area contributed by atoms with Crippen molar-refractivity contribution in [1.82, 2.24) is 4.98 Å². The fourth-order valence-electron chi connectivity index (χ4n) is 1.54. The van der Waals surface area contributed by atoms with Crippen molar-refractivity contribution in [2.75, 3.05) is 5.32 Å². The Labute approximate surface area is 123 Å². The number of thioether (sulfide) groups is 1. The average Bonchev–Trinajstić information content (AvgIpc) is 2.68. The van der Waals surface area contributed by atoms with Crippen LogP contribution in [0.25, 0.3) is 0 Å². The summed E-state index contributed by atoms with van der Waals surface area (Å²) in [6.45, 7) is 3.76. The molecule has 1 N–H and O–H groups in total. The molecule has 0 aliphatic carbocycles. The van der Waals surface area contributed by atoms with E-state index in [4.69, 9.17) is 0 Å². The molecule has 1 amide bonds. The molecule has 2 rings (SSSR count). The van der Waals surface area contributed by atoms with E-state index >= 15 is 0 Å². The van der Waals surface area contributed by atoms with Crippen LogP contribution in [0.3, 0.4) is 0 Å². The maximum absolute atomic E-state index is 12.5. The quantitative estimate of drug-likeness (QED) is 0.854. The number of nitrogens with one attached hydrogen (secondary N) is 1. The zero-order valence-electron chi connectivity index (χ0n) is 10.8. The van der Waals surface area contributed by atoms with E-state index in [1.54, 1.807) is 12.1 Å². The number of hydrogen-bond donors (Lipinski definition) is 1. The second kappa shape index (κ2) is 6.32. The number of thiazole rings is 1. The largest absolute Gasteiger partial charge is 0.298 e. The Morgan fingerprint density at radius 2 is 2.05 bits per heavy atom. The minimum absolute atomic E-state index is 0.225. The second-order valence-corrected chi connectivity index (χ2v) is 6.22. The predicted octanol–water partition coefficient (Wildman–Crippen LogP) is 4.33. The van der Waals surface area contributed by atoms with Gasteiger partial charge in [0.1, 0.15) is 0 Å². The van der Waals surface area contributed by atoms with E-state index in [2.05, 4.69) is 10.3 Å². The van der Waals surface area contributed by atoms with Gasteiger partial charge in [0.2, 0.25) is 0 Å². The van der Waals surface area contributed by atoms with Gasteiger partial charge in [-0.3, -0.25) is 10.1 Å². The Morgan fingerprint density at radius 1 is 1.35 bits per heavy atom. The van der Waals surface area contributed by atoms with Gasteiger partial charge in [-0.25, -0.2) is 4.98 Å². The molecule has 0 unspecified atom stereocenters. The van der Waals surface area contributed by atoms with Crippen LogP contribution in [-0.4, -0.2) is 16.6 Å². The van der Waals surface area contributed by atoms with E-state index in [1.807, 2.05) is 13.8 Å². The van der Waals surface area contributed by atoms with Crippen molar-refractivity contribution < 1.29 is 13.6 Å². The van der Waals surface area contributed by atoms with Crippen LogP contribution in [0.15, 0.2) is 29.2 Å². The molecular formula is C13H12F2N2OS2. The molecule has 1 aromatic carbocycles. The Balaban J connectivity index is 2.20. The molecule has 0 fully saturated rings. The first kappa shape index (κ1) is 14.9. The summed E-state index contributed by atoms with van der Waals surface area (Å²) in [6.07, 6.45) is 0. The molecule has 0 aliphatic heterocycles. The topological polar surface area (TPSA) is 42.0 Å². The first-order chi connectivity index (χ1) is 9.47. The Morgan fingerprint density at radius 3 is 2.65 bits per heavy atom. The summed E-state index contributed by atoms with van der Waals surface area (Å²) in [6, 6.07) is 6.29. The Hall–Kier alpha value is -1.47. The zero-order chi connectivity index (χ0) is 14.7. The van der Waals surface area contributed by atoms with Crippen LogP contribution < -0.4 is 5.32 Å². The van der Waals surface area contributed by atoms with Crippen molar-refractivity contribution in [3.63, 3.8) is 0 Å². The van der Waals surface area contributed by atoms with Crippen LogP contribution >= 0.6 is 23.1 Å². The van der Waals surface area contributed by atoms with Gasteiger partial charge in [-0.2, -0.15) is 8.78 Å². The number of anilines is 1. The fraction of sp³-hybridized carbons (Fsp3) is 0.231. The highest BCUT2D eigenvalue weighted by atomic mass is 32.2. The lowest BCUT2D eigenvalue weighted by Crippen LogP contribution is -2.13. The van der Waals surface area contributed by atoms with Crippen molar-refractivity contribution in [3.05, 3.63) is 40.4 Å². The normalized spacial score (nSPS) is 10.8. The van der Waals surface area contributed by atoms with Gasteiger partial charge < -0.3 is 0 Å². The van der Waals surface area contributed by atoms with Crippen molar-refractivity contribution in [2.45, 2.75) is 24.5 Å². The van der Waals surface area contributed by atoms with Crippen LogP contribution in [0.5, 0.6) is 0 Å². The number of halogens is 2. The van der Waals surface area contributed by atoms with E-state index in [0.29, 0.717) is 16.9 Å². The molecule has 0 bridgehead atoms. The van der Waals surface area contributed by atoms with Crippen molar-refractivity contribution in [2.24, 2.45) is 0 Å². The van der Waals surface area contributed by atoms with Gasteiger partial charge in [0.25, 0.3) is 11.7 Å². The average molecular weight is 314 g/mol. The molecule has 7 heteroatoms. The maximum Gasteiger partial charge on any atom is 0.288 e. The summed E-state index contributed by atoms with van der Waals surface area (Å²) < 4.78 is 24.9. The summed E-state index contributed by atoms with van der Waals surface area (Å²) >= 11 is 1.72. The number of alkyl halides is 2. The van der Waals surface area contributed by atoms with Gasteiger partial charge in [0.15, 0.2) is 5.13 Å². The lowest BCUT2D eigenvalue weighted by Gasteiger charge is -2.07. The maximum atomic E-state index is 12.5. The summed E-state index contributed by atoms with van der Waals surface area (Å²) in [5, 5.41) is 3.12. The SMILES string of the molecule is Cc1nc(NC(=O)c2ccccc2SC(F)F)sc1C. The number of benzene rings is 1. The lowest BCUT2D eigenvalue weighted by molar-refractivity contribution is 0.102. The van der Waals surface area contributed by atoms with E-state index in [9.17, 15) is 13.6 Å². The summed E-state index contributed by atoms with van der Waals surface area (Å²) in [4.78, 5) is 17.6. The third kappa shape index (κ3) is 3.55. The van der Waals surface area contributed by atoms with Crippen LogP contribution in [0.1, 0.15) is 20.9 Å². The molecule has 3 nitrogen and oxygen atoms in total. The number of rotatable bonds is 4. The lowest BCUT2D eigenvalue weighted by atomic mass is 10.2. The fourth-order valence-corrected chi connectivity index (χ4v) is 2.99. The highest BCUT2D eigenvalue weighted by molar-refractivity contribution is 7.99. The molecule has 0 radical (unpaired) electrons. The van der Waals surface area contributed by atoms with E-state index < -0.39 is 11.7 Å². The monoisotopic (exact) mass is 314 g/mol. The first-order valence-corrected chi connectivity index (χ1v) is 7.46. The molecule has 0 atom stereocenters. The Kier molecular flexibility index (Phi) is 4.72. The van der Waals surface area contributed by atoms with Crippen LogP contribution in [0, 0.1) is 13.8 Å². The minimum atomic E-state index is -2.56. The van der Waals surface area contributed by atoms with Gasteiger partial charge in [-0.1, -0.05) is 23.9 Å². The van der Waals surface area contributed by atoms with Gasteiger partial charge in [-0.05, 0) is 26.0 Å². The summed E-state index contributed by atoms with van der Waals surface area (Å²) in [5.41, 5.74) is 1.07. The predicted molar refractivity (Wildman–Crippen MR) is 77.8 cm³/mol. The number of aromatic nitrogens is 1. The van der Waals surface area contributed by atoms with E-state index in [1.165, 1.54) is 23.5 Å². The number of carbonyl (C=O) groups excluding carboxylic acids is 1. The molecule has 0 aliphatic rings. The number of nitrogens with zero attached hydrogens (tertiary/aromatic N) is 1. The molecule has 0 saturated carbocycles. The molecule has 0 saturated heterocycles. The third-order valence-electron chi connectivity index (χ3n) is 2.60. The number of hydrogen-bond acceptors (Lipinski definition) is 4. The molecule has 106 valence electrons. The highest BCUT2D eigenvalue weighted by Crippen LogP contribution is 2.29. The first-order valence-electron chi connectivity index (χ1n) is 5.76. The molecule has 2 aromatic rings. The minimum Gasteiger partial charge on any atom is -0.298 e. The highest BCUT2D eigenvalue weighted by Gasteiger charge is 2.16. The van der Waals surface area contributed by atoms with Gasteiger partial charge in [-0.15, -0.1) is 11.3 Å².